The van der Waals surface area contributed by atoms with Crippen LogP contribution in [-0.4, -0.2) is 17.7 Å². The van der Waals surface area contributed by atoms with Gasteiger partial charge in [0.25, 0.3) is 0 Å². The van der Waals surface area contributed by atoms with E-state index in [0.29, 0.717) is 18.1 Å². The molecule has 1 aromatic rings. The zero-order chi connectivity index (χ0) is 12.3. The third-order valence-corrected chi connectivity index (χ3v) is 2.30. The molecular weight excluding hydrogens is 204 g/mol. The van der Waals surface area contributed by atoms with Crippen LogP contribution < -0.4 is 4.74 Å². The average Bonchev–Trinajstić information content (AvgIpc) is 2.12. The van der Waals surface area contributed by atoms with Crippen molar-refractivity contribution in [2.75, 3.05) is 6.61 Å². The Bertz CT molecular complexity index is 371. The minimum Gasteiger partial charge on any atom is -0.493 e. The number of hydrogen-bond donors (Lipinski definition) is 1. The highest BCUT2D eigenvalue weighted by atomic mass is 16.5. The summed E-state index contributed by atoms with van der Waals surface area (Å²) in [6.45, 7) is 8.37. The summed E-state index contributed by atoms with van der Waals surface area (Å²) in [6, 6.07) is 3.55. The van der Waals surface area contributed by atoms with Crippen LogP contribution >= 0.6 is 0 Å². The Kier molecular flexibility index (Phi) is 3.93. The highest BCUT2D eigenvalue weighted by molar-refractivity contribution is 5.91. The molecule has 0 bridgehead atoms. The van der Waals surface area contributed by atoms with Gasteiger partial charge in [0.15, 0.2) is 0 Å². The fraction of sp³-hybridized carbons (Fsp3) is 0.462. The summed E-state index contributed by atoms with van der Waals surface area (Å²) in [5.74, 6) is 0.318. The topological polar surface area (TPSA) is 46.5 Å². The van der Waals surface area contributed by atoms with Crippen molar-refractivity contribution in [3.63, 3.8) is 0 Å². The summed E-state index contributed by atoms with van der Waals surface area (Å²) < 4.78 is 5.57. The molecular formula is C13H18O3. The Labute approximate surface area is 96.1 Å². The normalized spacial score (nSPS) is 10.6. The molecule has 0 heterocycles. The van der Waals surface area contributed by atoms with Gasteiger partial charge in [-0.2, -0.15) is 0 Å². The number of hydrogen-bond acceptors (Lipinski definition) is 2. The van der Waals surface area contributed by atoms with Gasteiger partial charge < -0.3 is 9.84 Å². The first-order valence-electron chi connectivity index (χ1n) is 5.39. The van der Waals surface area contributed by atoms with Crippen molar-refractivity contribution in [1.82, 2.24) is 0 Å². The van der Waals surface area contributed by atoms with E-state index in [4.69, 9.17) is 9.84 Å². The number of aryl methyl sites for hydroxylation is 2. The number of aromatic carboxylic acids is 1. The summed E-state index contributed by atoms with van der Waals surface area (Å²) in [7, 11) is 0. The first kappa shape index (κ1) is 12.6. The van der Waals surface area contributed by atoms with Gasteiger partial charge >= 0.3 is 5.97 Å². The SMILES string of the molecule is Cc1cc(OCC(C)C)cc(C)c1C(=O)O. The van der Waals surface area contributed by atoms with Gasteiger partial charge in [0.2, 0.25) is 0 Å². The molecule has 3 nitrogen and oxygen atoms in total. The number of carboxylic acids is 1. The summed E-state index contributed by atoms with van der Waals surface area (Å²) in [4.78, 5) is 11.0. The lowest BCUT2D eigenvalue weighted by Gasteiger charge is -2.12. The van der Waals surface area contributed by atoms with E-state index in [-0.39, 0.29) is 0 Å². The first-order chi connectivity index (χ1) is 7.41. The van der Waals surface area contributed by atoms with Crippen molar-refractivity contribution in [3.05, 3.63) is 28.8 Å². The monoisotopic (exact) mass is 222 g/mol. The maximum absolute atomic E-state index is 11.0. The van der Waals surface area contributed by atoms with Crippen LogP contribution in [0.15, 0.2) is 12.1 Å². The Balaban J connectivity index is 2.96. The quantitative estimate of drug-likeness (QED) is 0.851. The molecule has 0 unspecified atom stereocenters. The molecule has 0 spiro atoms. The summed E-state index contributed by atoms with van der Waals surface area (Å²) in [5.41, 5.74) is 1.86. The summed E-state index contributed by atoms with van der Waals surface area (Å²) in [5, 5.41) is 9.01. The molecule has 0 saturated carbocycles. The largest absolute Gasteiger partial charge is 0.493 e. The van der Waals surface area contributed by atoms with E-state index in [1.165, 1.54) is 0 Å². The molecule has 0 aromatic heterocycles. The van der Waals surface area contributed by atoms with E-state index >= 15 is 0 Å². The predicted octanol–water partition coefficient (Wildman–Crippen LogP) is 3.04. The maximum Gasteiger partial charge on any atom is 0.336 e. The molecule has 0 fully saturated rings. The minimum atomic E-state index is -0.884. The van der Waals surface area contributed by atoms with Gasteiger partial charge in [-0.3, -0.25) is 0 Å². The van der Waals surface area contributed by atoms with Crippen LogP contribution in [0.3, 0.4) is 0 Å². The van der Waals surface area contributed by atoms with Gasteiger partial charge in [0.05, 0.1) is 12.2 Å². The standard InChI is InChI=1S/C13H18O3/c1-8(2)7-16-11-5-9(3)12(13(14)15)10(4)6-11/h5-6,8H,7H2,1-4H3,(H,14,15). The molecule has 0 aliphatic carbocycles. The fourth-order valence-corrected chi connectivity index (χ4v) is 1.61. The molecule has 0 atom stereocenters. The van der Waals surface area contributed by atoms with Gasteiger partial charge in [0.1, 0.15) is 5.75 Å². The van der Waals surface area contributed by atoms with Crippen LogP contribution in [-0.2, 0) is 0 Å². The number of ether oxygens (including phenoxy) is 1. The van der Waals surface area contributed by atoms with Gasteiger partial charge in [-0.1, -0.05) is 13.8 Å². The maximum atomic E-state index is 11.0. The van der Waals surface area contributed by atoms with Crippen LogP contribution in [0.2, 0.25) is 0 Å². The van der Waals surface area contributed by atoms with Crippen LogP contribution in [0.5, 0.6) is 5.75 Å². The van der Waals surface area contributed by atoms with E-state index in [1.807, 2.05) is 0 Å². The molecule has 1 aromatic carbocycles. The number of carbonyl (C=O) groups is 1. The van der Waals surface area contributed by atoms with Crippen molar-refractivity contribution < 1.29 is 14.6 Å². The zero-order valence-corrected chi connectivity index (χ0v) is 10.2. The second-order valence-electron chi connectivity index (χ2n) is 4.44. The lowest BCUT2D eigenvalue weighted by atomic mass is 10.0. The zero-order valence-electron chi connectivity index (χ0n) is 10.2. The lowest BCUT2D eigenvalue weighted by molar-refractivity contribution is 0.0695. The van der Waals surface area contributed by atoms with Gasteiger partial charge in [-0.25, -0.2) is 4.79 Å². The molecule has 0 amide bonds. The van der Waals surface area contributed by atoms with Crippen LogP contribution in [0.25, 0.3) is 0 Å². The highest BCUT2D eigenvalue weighted by Crippen LogP contribution is 2.22. The molecule has 3 heteroatoms. The van der Waals surface area contributed by atoms with Crippen LogP contribution in [0, 0.1) is 19.8 Å². The average molecular weight is 222 g/mol. The third-order valence-electron chi connectivity index (χ3n) is 2.30. The van der Waals surface area contributed by atoms with Crippen LogP contribution in [0.1, 0.15) is 35.3 Å². The number of rotatable bonds is 4. The van der Waals surface area contributed by atoms with Gasteiger partial charge in [0, 0.05) is 0 Å². The smallest absolute Gasteiger partial charge is 0.336 e. The molecule has 0 aliphatic rings. The van der Waals surface area contributed by atoms with E-state index in [9.17, 15) is 4.79 Å². The Morgan fingerprint density at radius 3 is 2.19 bits per heavy atom. The van der Waals surface area contributed by atoms with Crippen molar-refractivity contribution >= 4 is 5.97 Å². The Morgan fingerprint density at radius 2 is 1.81 bits per heavy atom. The lowest BCUT2D eigenvalue weighted by Crippen LogP contribution is -2.07. The van der Waals surface area contributed by atoms with Crippen molar-refractivity contribution in [2.24, 2.45) is 5.92 Å². The predicted molar refractivity (Wildman–Crippen MR) is 63.2 cm³/mol. The number of benzene rings is 1. The van der Waals surface area contributed by atoms with E-state index in [2.05, 4.69) is 13.8 Å². The molecule has 0 radical (unpaired) electrons. The highest BCUT2D eigenvalue weighted by Gasteiger charge is 2.12. The Hall–Kier alpha value is -1.51. The first-order valence-corrected chi connectivity index (χ1v) is 5.39. The molecule has 1 N–H and O–H groups in total. The van der Waals surface area contributed by atoms with Gasteiger partial charge in [-0.15, -0.1) is 0 Å². The third kappa shape index (κ3) is 2.99. The van der Waals surface area contributed by atoms with Crippen LogP contribution in [0.4, 0.5) is 0 Å². The van der Waals surface area contributed by atoms with E-state index in [0.717, 1.165) is 16.9 Å². The molecule has 88 valence electrons. The second kappa shape index (κ2) is 5.01. The minimum absolute atomic E-state index is 0.372. The van der Waals surface area contributed by atoms with Crippen molar-refractivity contribution in [2.45, 2.75) is 27.7 Å². The number of carboxylic acid groups (broad SMARTS) is 1. The molecule has 1 rings (SSSR count). The van der Waals surface area contributed by atoms with E-state index in [1.54, 1.807) is 26.0 Å². The van der Waals surface area contributed by atoms with Crippen molar-refractivity contribution in [1.29, 1.82) is 0 Å². The van der Waals surface area contributed by atoms with Crippen molar-refractivity contribution in [3.8, 4) is 5.75 Å². The molecule has 16 heavy (non-hydrogen) atoms. The summed E-state index contributed by atoms with van der Waals surface area (Å²) >= 11 is 0. The van der Waals surface area contributed by atoms with Gasteiger partial charge in [-0.05, 0) is 43.0 Å². The molecule has 0 saturated heterocycles. The second-order valence-corrected chi connectivity index (χ2v) is 4.44. The van der Waals surface area contributed by atoms with E-state index < -0.39 is 5.97 Å². The Morgan fingerprint density at radius 1 is 1.31 bits per heavy atom. The fourth-order valence-electron chi connectivity index (χ4n) is 1.61. The molecule has 0 aliphatic heterocycles. The summed E-state index contributed by atoms with van der Waals surface area (Å²) in [6.07, 6.45) is 0.